The average Bonchev–Trinajstić information content (AvgIpc) is 3.65. The molecule has 2 heterocycles. The first-order valence-corrected chi connectivity index (χ1v) is 10.6. The Bertz CT molecular complexity index is 1220. The number of anilines is 1. The lowest BCUT2D eigenvalue weighted by Gasteiger charge is -2.31. The van der Waals surface area contributed by atoms with Crippen LogP contribution in [0.25, 0.3) is 10.9 Å². The van der Waals surface area contributed by atoms with Gasteiger partial charge in [-0.05, 0) is 18.9 Å². The number of benzene rings is 1. The highest BCUT2D eigenvalue weighted by Crippen LogP contribution is 2.43. The van der Waals surface area contributed by atoms with Gasteiger partial charge in [-0.2, -0.15) is 0 Å². The molecule has 1 saturated heterocycles. The maximum atomic E-state index is 15.5. The van der Waals surface area contributed by atoms with E-state index in [1.54, 1.807) is 9.47 Å². The Labute approximate surface area is 197 Å². The Kier molecular flexibility index (Phi) is 6.28. The molecule has 4 rings (SSSR count). The molecule has 0 bridgehead atoms. The van der Waals surface area contributed by atoms with Gasteiger partial charge in [0.15, 0.2) is 23.2 Å². The molecule has 1 saturated carbocycles. The molecule has 0 atom stereocenters. The fourth-order valence-electron chi connectivity index (χ4n) is 4.29. The number of methoxy groups -OCH3 is 2. The van der Waals surface area contributed by atoms with Crippen molar-refractivity contribution in [3.8, 4) is 5.75 Å². The molecule has 1 aromatic carbocycles. The van der Waals surface area contributed by atoms with Crippen LogP contribution < -0.4 is 15.1 Å². The van der Waals surface area contributed by atoms with Gasteiger partial charge in [-0.25, -0.2) is 9.18 Å². The van der Waals surface area contributed by atoms with E-state index in [2.05, 4.69) is 0 Å². The molecular weight excluding hydrogens is 445 g/mol. The summed E-state index contributed by atoms with van der Waals surface area (Å²) in [4.78, 5) is 50.5. The minimum absolute atomic E-state index is 0.0126. The molecule has 0 spiro atoms. The van der Waals surface area contributed by atoms with Gasteiger partial charge in [0.25, 0.3) is 0 Å². The van der Waals surface area contributed by atoms with E-state index in [9.17, 15) is 19.2 Å². The first kappa shape index (κ1) is 23.7. The number of rotatable bonds is 4. The Hall–Kier alpha value is -3.50. The van der Waals surface area contributed by atoms with E-state index in [0.29, 0.717) is 5.52 Å². The third-order valence-corrected chi connectivity index (χ3v) is 6.03. The van der Waals surface area contributed by atoms with E-state index >= 15 is 4.39 Å². The Morgan fingerprint density at radius 2 is 1.62 bits per heavy atom. The van der Waals surface area contributed by atoms with E-state index in [4.69, 9.17) is 25.2 Å². The quantitative estimate of drug-likeness (QED) is 0.493. The molecule has 2 aliphatic rings. The molecule has 0 unspecified atom stereocenters. The highest BCUT2D eigenvalue weighted by molar-refractivity contribution is 6.59. The summed E-state index contributed by atoms with van der Waals surface area (Å²) in [5.74, 6) is -3.21. The van der Waals surface area contributed by atoms with Gasteiger partial charge in [0.05, 0.1) is 38.2 Å². The zero-order valence-electron chi connectivity index (χ0n) is 18.7. The second kappa shape index (κ2) is 9.03. The molecule has 1 aliphatic carbocycles. The standard InChI is InChI=1S/C21H21B2FN4O6/c1-33-18-15-12(17(29)13(19(30)34-2)10-26(15)11-3-4-11)9-14(24)16(18)25-5-7-27(20(22)31)28(8-6-25)21(23)32/h9-11H,3-8H2,1-2H3. The number of aromatic nitrogens is 1. The van der Waals surface area contributed by atoms with Crippen LogP contribution in [0.1, 0.15) is 29.2 Å². The first-order chi connectivity index (χ1) is 16.2. The van der Waals surface area contributed by atoms with E-state index in [-0.39, 0.29) is 54.6 Å². The largest absolute Gasteiger partial charge is 0.492 e. The molecule has 4 radical (unpaired) electrons. The van der Waals surface area contributed by atoms with Crippen molar-refractivity contribution >= 4 is 49.9 Å². The van der Waals surface area contributed by atoms with Crippen molar-refractivity contribution in [1.29, 1.82) is 0 Å². The van der Waals surface area contributed by atoms with Crippen molar-refractivity contribution in [3.05, 3.63) is 33.9 Å². The molecule has 34 heavy (non-hydrogen) atoms. The van der Waals surface area contributed by atoms with Crippen molar-refractivity contribution in [2.24, 2.45) is 0 Å². The number of hydrogen-bond acceptors (Lipinski definition) is 7. The molecular formula is C21H21B2FN4O6. The Morgan fingerprint density at radius 1 is 1.03 bits per heavy atom. The summed E-state index contributed by atoms with van der Waals surface area (Å²) in [6.07, 6.45) is 3.06. The van der Waals surface area contributed by atoms with Crippen LogP contribution in [0.2, 0.25) is 0 Å². The lowest BCUT2D eigenvalue weighted by molar-refractivity contribution is 0.0598. The van der Waals surface area contributed by atoms with Crippen LogP contribution in [0.5, 0.6) is 5.75 Å². The van der Waals surface area contributed by atoms with Gasteiger partial charge in [-0.1, -0.05) is 0 Å². The smallest absolute Gasteiger partial charge is 0.343 e. The monoisotopic (exact) mass is 466 g/mol. The average molecular weight is 466 g/mol. The van der Waals surface area contributed by atoms with Crippen molar-refractivity contribution in [2.75, 3.05) is 45.3 Å². The number of nitrogens with zero attached hydrogens (tertiary/aromatic N) is 4. The molecule has 0 N–H and O–H groups in total. The predicted octanol–water partition coefficient (Wildman–Crippen LogP) is 1.19. The summed E-state index contributed by atoms with van der Waals surface area (Å²) < 4.78 is 27.6. The van der Waals surface area contributed by atoms with Gasteiger partial charge < -0.3 is 18.9 Å². The first-order valence-electron chi connectivity index (χ1n) is 10.6. The zero-order chi connectivity index (χ0) is 24.7. The van der Waals surface area contributed by atoms with Crippen LogP contribution in [0.15, 0.2) is 17.1 Å². The summed E-state index contributed by atoms with van der Waals surface area (Å²) in [6.45, 7) is 0.157. The lowest BCUT2D eigenvalue weighted by Crippen LogP contribution is -2.49. The number of ether oxygens (including phenoxy) is 2. The fraction of sp³-hybridized carbons (Fsp3) is 0.429. The molecule has 13 heteroatoms. The number of pyridine rings is 1. The van der Waals surface area contributed by atoms with Crippen LogP contribution in [-0.2, 0) is 4.74 Å². The topological polar surface area (TPSA) is 101 Å². The van der Waals surface area contributed by atoms with Crippen LogP contribution in [0, 0.1) is 5.82 Å². The van der Waals surface area contributed by atoms with Gasteiger partial charge in [-0.3, -0.25) is 24.4 Å². The number of carbonyl (C=O) groups is 3. The minimum Gasteiger partial charge on any atom is -0.492 e. The van der Waals surface area contributed by atoms with Gasteiger partial charge >= 0.3 is 5.97 Å². The zero-order valence-corrected chi connectivity index (χ0v) is 18.7. The Morgan fingerprint density at radius 3 is 2.09 bits per heavy atom. The summed E-state index contributed by atoms with van der Waals surface area (Å²) >= 11 is 0. The Balaban J connectivity index is 1.89. The van der Waals surface area contributed by atoms with Crippen LogP contribution >= 0.6 is 0 Å². The molecule has 1 aliphatic heterocycles. The normalized spacial score (nSPS) is 16.4. The summed E-state index contributed by atoms with van der Waals surface area (Å²) in [7, 11) is 13.3. The van der Waals surface area contributed by atoms with E-state index in [0.717, 1.165) is 28.9 Å². The lowest BCUT2D eigenvalue weighted by atomic mass is 10.1. The van der Waals surface area contributed by atoms with Gasteiger partial charge in [0, 0.05) is 25.3 Å². The van der Waals surface area contributed by atoms with Crippen LogP contribution in [0.3, 0.4) is 0 Å². The molecule has 10 nitrogen and oxygen atoms in total. The third kappa shape index (κ3) is 3.99. The number of hydrogen-bond donors (Lipinski definition) is 0. The van der Waals surface area contributed by atoms with Crippen molar-refractivity contribution < 1.29 is 28.2 Å². The number of carbonyl (C=O) groups excluding carboxylic acids is 3. The fourth-order valence-corrected chi connectivity index (χ4v) is 4.29. The summed E-state index contributed by atoms with van der Waals surface area (Å²) in [5, 5.41) is 1.98. The SMILES string of the molecule is [B]C(=O)N1CCN(c2c(F)cc3c(=O)c(C(=O)OC)cn(C4CC4)c3c2OC)CCN1C([B])=O. The summed E-state index contributed by atoms with van der Waals surface area (Å²) in [5.41, 5.74) is -0.453. The number of fused-ring (bicyclic) bond motifs is 1. The molecule has 174 valence electrons. The number of amides is 2. The number of hydrazine groups is 1. The molecule has 1 aromatic heterocycles. The highest BCUT2D eigenvalue weighted by Gasteiger charge is 2.33. The number of esters is 1. The van der Waals surface area contributed by atoms with E-state index < -0.39 is 28.8 Å². The van der Waals surface area contributed by atoms with E-state index in [1.165, 1.54) is 20.4 Å². The van der Waals surface area contributed by atoms with Gasteiger partial charge in [0.1, 0.15) is 11.3 Å². The maximum Gasteiger partial charge on any atom is 0.343 e. The third-order valence-electron chi connectivity index (χ3n) is 6.03. The van der Waals surface area contributed by atoms with Crippen LogP contribution in [0.4, 0.5) is 19.7 Å². The maximum absolute atomic E-state index is 15.5. The molecule has 2 amide bonds. The van der Waals surface area contributed by atoms with Crippen molar-refractivity contribution in [1.82, 2.24) is 14.6 Å². The minimum atomic E-state index is -0.871. The van der Waals surface area contributed by atoms with Gasteiger partial charge in [-0.15, -0.1) is 0 Å². The molecule has 2 fully saturated rings. The van der Waals surface area contributed by atoms with E-state index in [1.807, 2.05) is 0 Å². The second-order valence-corrected chi connectivity index (χ2v) is 8.05. The second-order valence-electron chi connectivity index (χ2n) is 8.05. The van der Waals surface area contributed by atoms with Crippen molar-refractivity contribution in [2.45, 2.75) is 18.9 Å². The summed E-state index contributed by atoms with van der Waals surface area (Å²) in [6, 6.07) is 1.09. The highest BCUT2D eigenvalue weighted by atomic mass is 19.1. The molecule has 2 aromatic rings. The van der Waals surface area contributed by atoms with Crippen molar-refractivity contribution in [3.63, 3.8) is 0 Å². The number of halogens is 1. The predicted molar refractivity (Wildman–Crippen MR) is 122 cm³/mol. The van der Waals surface area contributed by atoms with Gasteiger partial charge in [0.2, 0.25) is 21.1 Å². The van der Waals surface area contributed by atoms with Crippen LogP contribution in [-0.4, -0.2) is 88.3 Å².